The maximum Gasteiger partial charge on any atom is 0.325 e. The van der Waals surface area contributed by atoms with Gasteiger partial charge >= 0.3 is 12.0 Å². The van der Waals surface area contributed by atoms with Gasteiger partial charge in [-0.25, -0.2) is 4.79 Å². The largest absolute Gasteiger partial charge is 0.480 e. The quantitative estimate of drug-likeness (QED) is 0.837. The molecule has 0 unspecified atom stereocenters. The molecule has 0 heterocycles. The Bertz CT molecular complexity index is 432. The van der Waals surface area contributed by atoms with E-state index in [1.165, 1.54) is 11.8 Å². The number of rotatable bonds is 3. The van der Waals surface area contributed by atoms with Gasteiger partial charge in [0.1, 0.15) is 6.04 Å². The summed E-state index contributed by atoms with van der Waals surface area (Å²) < 4.78 is 0. The molecule has 2 amide bonds. The summed E-state index contributed by atoms with van der Waals surface area (Å²) in [4.78, 5) is 23.7. The van der Waals surface area contributed by atoms with E-state index in [4.69, 9.17) is 5.11 Å². The van der Waals surface area contributed by atoms with Gasteiger partial charge in [0, 0.05) is 12.7 Å². The van der Waals surface area contributed by atoms with E-state index in [0.29, 0.717) is 0 Å². The molecule has 0 aliphatic heterocycles. The summed E-state index contributed by atoms with van der Waals surface area (Å²) in [6, 6.07) is 6.06. The number of aryl methyl sites for hydroxylation is 1. The van der Waals surface area contributed by atoms with E-state index in [9.17, 15) is 9.59 Å². The van der Waals surface area contributed by atoms with E-state index in [1.54, 1.807) is 13.1 Å². The second-order valence-corrected chi connectivity index (χ2v) is 3.91. The number of anilines is 1. The molecule has 17 heavy (non-hydrogen) atoms. The van der Waals surface area contributed by atoms with E-state index in [-0.39, 0.29) is 0 Å². The average Bonchev–Trinajstić information content (AvgIpc) is 2.27. The predicted molar refractivity (Wildman–Crippen MR) is 65.2 cm³/mol. The highest BCUT2D eigenvalue weighted by atomic mass is 16.4. The number of hydrogen-bond acceptors (Lipinski definition) is 2. The predicted octanol–water partition coefficient (Wildman–Crippen LogP) is 1.61. The highest BCUT2D eigenvalue weighted by Gasteiger charge is 2.17. The fourth-order valence-electron chi connectivity index (χ4n) is 1.30. The molecule has 1 atom stereocenters. The van der Waals surface area contributed by atoms with Crippen molar-refractivity contribution in [2.75, 3.05) is 11.9 Å². The molecule has 0 aliphatic carbocycles. The topological polar surface area (TPSA) is 69.6 Å². The number of carbonyl (C=O) groups is 2. The first-order valence-corrected chi connectivity index (χ1v) is 5.25. The fraction of sp³-hybridized carbons (Fsp3) is 0.333. The lowest BCUT2D eigenvalue weighted by Gasteiger charge is -2.20. The van der Waals surface area contributed by atoms with Gasteiger partial charge in [0.05, 0.1) is 0 Å². The van der Waals surface area contributed by atoms with E-state index in [1.807, 2.05) is 25.1 Å². The molecule has 0 fully saturated rings. The second kappa shape index (κ2) is 5.34. The Kier molecular flexibility index (Phi) is 4.09. The smallest absolute Gasteiger partial charge is 0.325 e. The third kappa shape index (κ3) is 3.48. The molecule has 0 saturated carbocycles. The van der Waals surface area contributed by atoms with Gasteiger partial charge in [-0.3, -0.25) is 9.69 Å². The van der Waals surface area contributed by atoms with Gasteiger partial charge in [-0.15, -0.1) is 0 Å². The molecule has 0 radical (unpaired) electrons. The van der Waals surface area contributed by atoms with Crippen molar-refractivity contribution in [3.8, 4) is 0 Å². The van der Waals surface area contributed by atoms with Gasteiger partial charge in [0.2, 0.25) is 0 Å². The fourth-order valence-corrected chi connectivity index (χ4v) is 1.30. The third-order valence-electron chi connectivity index (χ3n) is 2.40. The number of hydrogen-bond donors (Lipinski definition) is 2. The normalized spacial score (nSPS) is 11.7. The summed E-state index contributed by atoms with van der Waals surface area (Å²) in [7, 11) is 1.60. The van der Waals surface area contributed by atoms with Gasteiger partial charge in [-0.1, -0.05) is 12.1 Å². The molecular formula is C12H16N2O3. The Morgan fingerprint density at radius 1 is 1.41 bits per heavy atom. The second-order valence-electron chi connectivity index (χ2n) is 3.91. The van der Waals surface area contributed by atoms with Crippen LogP contribution < -0.4 is 10.2 Å². The number of nitrogens with one attached hydrogen (secondary N) is 1. The maximum atomic E-state index is 11.7. The molecule has 0 aliphatic rings. The Hall–Kier alpha value is -2.04. The Morgan fingerprint density at radius 3 is 2.59 bits per heavy atom. The molecule has 1 aromatic rings. The van der Waals surface area contributed by atoms with Crippen molar-refractivity contribution >= 4 is 17.7 Å². The van der Waals surface area contributed by atoms with Crippen molar-refractivity contribution in [2.24, 2.45) is 0 Å². The highest BCUT2D eigenvalue weighted by molar-refractivity contribution is 5.93. The summed E-state index contributed by atoms with van der Waals surface area (Å²) >= 11 is 0. The van der Waals surface area contributed by atoms with E-state index in [2.05, 4.69) is 5.32 Å². The number of aliphatic carboxylic acids is 1. The lowest BCUT2D eigenvalue weighted by atomic mass is 10.2. The number of carboxylic acids is 1. The zero-order chi connectivity index (χ0) is 13.0. The SMILES string of the molecule is Cc1cccc(N(C)C(=O)N[C@H](C)C(=O)O)c1. The molecule has 2 N–H and O–H groups in total. The van der Waals surface area contributed by atoms with Crippen LogP contribution in [0.4, 0.5) is 10.5 Å². The van der Waals surface area contributed by atoms with Crippen LogP contribution in [0, 0.1) is 6.92 Å². The minimum atomic E-state index is -1.06. The maximum absolute atomic E-state index is 11.7. The van der Waals surface area contributed by atoms with Gasteiger partial charge < -0.3 is 10.4 Å². The van der Waals surface area contributed by atoms with Crippen molar-refractivity contribution in [1.29, 1.82) is 0 Å². The van der Waals surface area contributed by atoms with Crippen LogP contribution in [0.1, 0.15) is 12.5 Å². The minimum absolute atomic E-state index is 0.439. The minimum Gasteiger partial charge on any atom is -0.480 e. The van der Waals surface area contributed by atoms with Crippen LogP contribution in [-0.2, 0) is 4.79 Å². The molecule has 0 aromatic heterocycles. The summed E-state index contributed by atoms with van der Waals surface area (Å²) in [6.45, 7) is 3.35. The Labute approximate surface area is 100 Å². The van der Waals surface area contributed by atoms with Gasteiger partial charge in [-0.2, -0.15) is 0 Å². The molecule has 1 aromatic carbocycles. The number of carbonyl (C=O) groups excluding carboxylic acids is 1. The highest BCUT2D eigenvalue weighted by Crippen LogP contribution is 2.14. The molecule has 5 heteroatoms. The van der Waals surface area contributed by atoms with Crippen LogP contribution in [0.15, 0.2) is 24.3 Å². The molecule has 1 rings (SSSR count). The molecule has 5 nitrogen and oxygen atoms in total. The van der Waals surface area contributed by atoms with Crippen molar-refractivity contribution in [1.82, 2.24) is 5.32 Å². The van der Waals surface area contributed by atoms with E-state index >= 15 is 0 Å². The number of amides is 2. The summed E-state index contributed by atoms with van der Waals surface area (Å²) in [5.41, 5.74) is 1.76. The van der Waals surface area contributed by atoms with Crippen LogP contribution in [0.2, 0.25) is 0 Å². The third-order valence-corrected chi connectivity index (χ3v) is 2.40. The number of nitrogens with zero attached hydrogens (tertiary/aromatic N) is 1. The van der Waals surface area contributed by atoms with Crippen LogP contribution in [0.25, 0.3) is 0 Å². The Balaban J connectivity index is 2.73. The molecule has 0 bridgehead atoms. The van der Waals surface area contributed by atoms with Crippen LogP contribution in [0.5, 0.6) is 0 Å². The van der Waals surface area contributed by atoms with Gasteiger partial charge in [0.25, 0.3) is 0 Å². The zero-order valence-electron chi connectivity index (χ0n) is 10.1. The van der Waals surface area contributed by atoms with Crippen LogP contribution >= 0.6 is 0 Å². The number of carboxylic acid groups (broad SMARTS) is 1. The molecule has 0 spiro atoms. The first-order valence-electron chi connectivity index (χ1n) is 5.25. The van der Waals surface area contributed by atoms with Crippen molar-refractivity contribution in [3.05, 3.63) is 29.8 Å². The zero-order valence-corrected chi connectivity index (χ0v) is 10.1. The van der Waals surface area contributed by atoms with Crippen molar-refractivity contribution in [3.63, 3.8) is 0 Å². The Morgan fingerprint density at radius 2 is 2.06 bits per heavy atom. The van der Waals surface area contributed by atoms with Crippen LogP contribution in [0.3, 0.4) is 0 Å². The monoisotopic (exact) mass is 236 g/mol. The van der Waals surface area contributed by atoms with Crippen molar-refractivity contribution < 1.29 is 14.7 Å². The van der Waals surface area contributed by atoms with Gasteiger partial charge in [0.15, 0.2) is 0 Å². The van der Waals surface area contributed by atoms with E-state index in [0.717, 1.165) is 11.3 Å². The lowest BCUT2D eigenvalue weighted by molar-refractivity contribution is -0.138. The first-order chi connectivity index (χ1) is 7.91. The summed E-state index contributed by atoms with van der Waals surface area (Å²) in [5, 5.41) is 11.1. The average molecular weight is 236 g/mol. The first kappa shape index (κ1) is 13.0. The summed E-state index contributed by atoms with van der Waals surface area (Å²) in [6.07, 6.45) is 0. The molecule has 92 valence electrons. The number of urea groups is 1. The van der Waals surface area contributed by atoms with Crippen molar-refractivity contribution in [2.45, 2.75) is 19.9 Å². The standard InChI is InChI=1S/C12H16N2O3/c1-8-5-4-6-10(7-8)14(3)12(17)13-9(2)11(15)16/h4-7,9H,1-3H3,(H,13,17)(H,15,16)/t9-/m1/s1. The van der Waals surface area contributed by atoms with Crippen LogP contribution in [-0.4, -0.2) is 30.2 Å². The molecule has 0 saturated heterocycles. The summed E-state index contributed by atoms with van der Waals surface area (Å²) in [5.74, 6) is -1.06. The van der Waals surface area contributed by atoms with E-state index < -0.39 is 18.0 Å². The lowest BCUT2D eigenvalue weighted by Crippen LogP contribution is -2.45. The molecular weight excluding hydrogens is 220 g/mol. The number of benzene rings is 1. The van der Waals surface area contributed by atoms with Gasteiger partial charge in [-0.05, 0) is 31.5 Å².